The van der Waals surface area contributed by atoms with Gasteiger partial charge in [0.05, 0.1) is 17.9 Å². The molecular weight excluding hydrogens is 336 g/mol. The number of hydrazone groups is 1. The van der Waals surface area contributed by atoms with Crippen LogP contribution in [0.15, 0.2) is 40.9 Å². The third-order valence-electron chi connectivity index (χ3n) is 2.70. The highest BCUT2D eigenvalue weighted by Crippen LogP contribution is 2.10. The van der Waals surface area contributed by atoms with Gasteiger partial charge in [-0.15, -0.1) is 11.3 Å². The molecule has 0 aromatic carbocycles. The molecule has 0 saturated heterocycles. The molecule has 0 radical (unpaired) electrons. The number of aromatic nitrogens is 1. The van der Waals surface area contributed by atoms with Gasteiger partial charge in [0.1, 0.15) is 5.82 Å². The summed E-state index contributed by atoms with van der Waals surface area (Å²) in [5.74, 6) is -0.0749. The van der Waals surface area contributed by atoms with Crippen molar-refractivity contribution in [1.82, 2.24) is 10.4 Å². The van der Waals surface area contributed by atoms with E-state index in [0.29, 0.717) is 16.6 Å². The number of nitrogens with zero attached hydrogens (tertiary/aromatic N) is 2. The molecule has 0 fully saturated rings. The monoisotopic (exact) mass is 350 g/mol. The second-order valence-electron chi connectivity index (χ2n) is 4.72. The van der Waals surface area contributed by atoms with E-state index in [1.54, 1.807) is 19.1 Å². The van der Waals surface area contributed by atoms with E-state index in [0.717, 1.165) is 4.88 Å². The Balaban J connectivity index is 1.78. The molecule has 6 nitrogen and oxygen atoms in total. The van der Waals surface area contributed by atoms with Gasteiger partial charge in [0.2, 0.25) is 11.8 Å². The highest BCUT2D eigenvalue weighted by molar-refractivity contribution is 7.10. The Bertz CT molecular complexity index is 699. The number of nitrogens with one attached hydrogen (secondary N) is 2. The maximum atomic E-state index is 11.8. The van der Waals surface area contributed by atoms with Gasteiger partial charge < -0.3 is 5.32 Å². The molecule has 0 aliphatic carbocycles. The number of hydrogen-bond acceptors (Lipinski definition) is 5. The molecule has 2 aromatic rings. The molecule has 2 aromatic heterocycles. The summed E-state index contributed by atoms with van der Waals surface area (Å²) in [6.07, 6.45) is 1.78. The quantitative estimate of drug-likeness (QED) is 0.620. The van der Waals surface area contributed by atoms with Crippen LogP contribution in [0.1, 0.15) is 18.2 Å². The minimum atomic E-state index is -0.270. The smallest absolute Gasteiger partial charge is 0.245 e. The first-order valence-corrected chi connectivity index (χ1v) is 8.04. The summed E-state index contributed by atoms with van der Waals surface area (Å²) in [5, 5.41) is 8.95. The van der Waals surface area contributed by atoms with Gasteiger partial charge in [-0.25, -0.2) is 10.4 Å². The number of pyridine rings is 1. The van der Waals surface area contributed by atoms with Gasteiger partial charge in [-0.2, -0.15) is 5.10 Å². The Morgan fingerprint density at radius 2 is 2.13 bits per heavy atom. The Kier molecular flexibility index (Phi) is 6.25. The molecule has 0 aliphatic rings. The molecule has 120 valence electrons. The summed E-state index contributed by atoms with van der Waals surface area (Å²) in [7, 11) is 0. The lowest BCUT2D eigenvalue weighted by Gasteiger charge is -2.04. The number of carbonyl (C=O) groups is 2. The summed E-state index contributed by atoms with van der Waals surface area (Å²) < 4.78 is 0. The Morgan fingerprint density at radius 1 is 1.30 bits per heavy atom. The van der Waals surface area contributed by atoms with E-state index in [1.807, 2.05) is 17.5 Å². The van der Waals surface area contributed by atoms with Crippen LogP contribution in [-0.4, -0.2) is 22.5 Å². The zero-order valence-corrected chi connectivity index (χ0v) is 13.9. The first-order chi connectivity index (χ1) is 11.0. The van der Waals surface area contributed by atoms with Crippen molar-refractivity contribution in [3.63, 3.8) is 0 Å². The lowest BCUT2D eigenvalue weighted by Crippen LogP contribution is -2.22. The van der Waals surface area contributed by atoms with Crippen LogP contribution in [0.25, 0.3) is 0 Å². The average molecular weight is 351 g/mol. The van der Waals surface area contributed by atoms with E-state index >= 15 is 0 Å². The molecule has 2 rings (SSSR count). The van der Waals surface area contributed by atoms with Crippen LogP contribution in [-0.2, 0) is 16.0 Å². The molecule has 0 bridgehead atoms. The van der Waals surface area contributed by atoms with Crippen molar-refractivity contribution in [2.75, 3.05) is 5.32 Å². The number of hydrogen-bond donors (Lipinski definition) is 2. The van der Waals surface area contributed by atoms with Crippen LogP contribution in [0.2, 0.25) is 5.02 Å². The van der Waals surface area contributed by atoms with E-state index in [9.17, 15) is 9.59 Å². The minimum Gasteiger partial charge on any atom is -0.310 e. The molecule has 0 aliphatic heterocycles. The number of halogens is 1. The predicted octanol–water partition coefficient (Wildman–Crippen LogP) is 2.86. The molecule has 2 heterocycles. The van der Waals surface area contributed by atoms with Crippen LogP contribution >= 0.6 is 22.9 Å². The van der Waals surface area contributed by atoms with Crippen molar-refractivity contribution >= 4 is 46.3 Å². The normalized spacial score (nSPS) is 11.1. The molecule has 23 heavy (non-hydrogen) atoms. The van der Waals surface area contributed by atoms with E-state index in [4.69, 9.17) is 11.6 Å². The van der Waals surface area contributed by atoms with Gasteiger partial charge >= 0.3 is 0 Å². The molecule has 0 spiro atoms. The highest BCUT2D eigenvalue weighted by atomic mass is 35.5. The van der Waals surface area contributed by atoms with Crippen molar-refractivity contribution in [2.45, 2.75) is 19.8 Å². The average Bonchev–Trinajstić information content (AvgIpc) is 3.00. The number of thiophene rings is 1. The topological polar surface area (TPSA) is 83.4 Å². The highest BCUT2D eigenvalue weighted by Gasteiger charge is 2.07. The van der Waals surface area contributed by atoms with Gasteiger partial charge in [-0.3, -0.25) is 9.59 Å². The van der Waals surface area contributed by atoms with Gasteiger partial charge in [0.15, 0.2) is 0 Å². The van der Waals surface area contributed by atoms with Crippen LogP contribution in [0.5, 0.6) is 0 Å². The molecule has 0 unspecified atom stereocenters. The van der Waals surface area contributed by atoms with Crippen molar-refractivity contribution < 1.29 is 9.59 Å². The first kappa shape index (κ1) is 17.1. The van der Waals surface area contributed by atoms with Gasteiger partial charge in [-0.1, -0.05) is 17.7 Å². The number of anilines is 1. The van der Waals surface area contributed by atoms with Gasteiger partial charge in [0.25, 0.3) is 0 Å². The predicted molar refractivity (Wildman–Crippen MR) is 91.8 cm³/mol. The molecular formula is C15H15ClN4O2S. The summed E-state index contributed by atoms with van der Waals surface area (Å²) >= 11 is 7.23. The second-order valence-corrected chi connectivity index (χ2v) is 6.19. The van der Waals surface area contributed by atoms with Gasteiger partial charge in [-0.05, 0) is 30.5 Å². The summed E-state index contributed by atoms with van der Waals surface area (Å²) in [5.41, 5.74) is 2.94. The van der Waals surface area contributed by atoms with Crippen molar-refractivity contribution in [3.05, 3.63) is 45.7 Å². The van der Waals surface area contributed by atoms with Crippen LogP contribution in [0.3, 0.4) is 0 Å². The lowest BCUT2D eigenvalue weighted by molar-refractivity contribution is -0.120. The summed E-state index contributed by atoms with van der Waals surface area (Å²) in [6, 6.07) is 7.01. The van der Waals surface area contributed by atoms with E-state index < -0.39 is 0 Å². The Morgan fingerprint density at radius 3 is 2.78 bits per heavy atom. The molecule has 0 saturated carbocycles. The minimum absolute atomic E-state index is 0.0591. The van der Waals surface area contributed by atoms with Gasteiger partial charge in [0, 0.05) is 16.8 Å². The first-order valence-electron chi connectivity index (χ1n) is 6.78. The molecule has 0 atom stereocenters. The van der Waals surface area contributed by atoms with E-state index in [-0.39, 0.29) is 24.7 Å². The number of rotatable bonds is 6. The summed E-state index contributed by atoms with van der Waals surface area (Å²) in [6.45, 7) is 1.67. The number of amides is 2. The van der Waals surface area contributed by atoms with Crippen molar-refractivity contribution in [2.24, 2.45) is 5.10 Å². The fourth-order valence-electron chi connectivity index (χ4n) is 1.68. The molecule has 2 amide bonds. The zero-order valence-electron chi connectivity index (χ0n) is 12.4. The van der Waals surface area contributed by atoms with Crippen LogP contribution < -0.4 is 10.7 Å². The largest absolute Gasteiger partial charge is 0.310 e. The standard InChI is InChI=1S/C15H15ClN4O2S/c1-10(19-20-15(22)8-12-3-2-6-23-12)7-14(21)18-13-5-4-11(16)9-17-13/h2-6,9H,7-8H2,1H3,(H,20,22)(H,17,18,21). The Labute approximate surface area is 142 Å². The SMILES string of the molecule is CC(CC(=O)Nc1ccc(Cl)cn1)=NNC(=O)Cc1cccs1. The third kappa shape index (κ3) is 6.17. The maximum absolute atomic E-state index is 11.8. The van der Waals surface area contributed by atoms with Crippen molar-refractivity contribution in [3.8, 4) is 0 Å². The van der Waals surface area contributed by atoms with Crippen LogP contribution in [0, 0.1) is 0 Å². The number of carbonyl (C=O) groups excluding carboxylic acids is 2. The molecule has 8 heteroatoms. The zero-order chi connectivity index (χ0) is 16.7. The summed E-state index contributed by atoms with van der Waals surface area (Å²) in [4.78, 5) is 28.5. The fourth-order valence-corrected chi connectivity index (χ4v) is 2.49. The van der Waals surface area contributed by atoms with E-state index in [2.05, 4.69) is 20.8 Å². The van der Waals surface area contributed by atoms with Crippen LogP contribution in [0.4, 0.5) is 5.82 Å². The van der Waals surface area contributed by atoms with Crippen molar-refractivity contribution in [1.29, 1.82) is 0 Å². The lowest BCUT2D eigenvalue weighted by atomic mass is 10.3. The maximum Gasteiger partial charge on any atom is 0.245 e. The molecule has 2 N–H and O–H groups in total. The fraction of sp³-hybridized carbons (Fsp3) is 0.200. The second kappa shape index (κ2) is 8.40. The Hall–Kier alpha value is -2.25. The van der Waals surface area contributed by atoms with E-state index in [1.165, 1.54) is 17.5 Å². The third-order valence-corrected chi connectivity index (χ3v) is 3.80.